The summed E-state index contributed by atoms with van der Waals surface area (Å²) in [5, 5.41) is 12.2. The lowest BCUT2D eigenvalue weighted by molar-refractivity contribution is 1.07. The van der Waals surface area contributed by atoms with Gasteiger partial charge in [0.2, 0.25) is 21.1 Å². The molecule has 0 atom stereocenters. The van der Waals surface area contributed by atoms with Crippen molar-refractivity contribution in [2.45, 2.75) is 0 Å². The summed E-state index contributed by atoms with van der Waals surface area (Å²) in [6.07, 6.45) is 0. The first-order valence-corrected chi connectivity index (χ1v) is 41.6. The third kappa shape index (κ3) is 16.2. The zero-order valence-electron chi connectivity index (χ0n) is 63.5. The third-order valence-corrected chi connectivity index (χ3v) is 23.5. The van der Waals surface area contributed by atoms with Gasteiger partial charge in [0.1, 0.15) is 0 Å². The Morgan fingerprint density at radius 2 is 0.450 bits per heavy atom. The highest BCUT2D eigenvalue weighted by Crippen LogP contribution is 2.43. The second-order valence-corrected chi connectivity index (χ2v) is 31.5. The highest BCUT2D eigenvalue weighted by Gasteiger charge is 2.21. The van der Waals surface area contributed by atoms with Crippen molar-refractivity contribution in [3.05, 3.63) is 397 Å². The SMILES string of the molecule is Clc1nc(-c2ccc(-c3ccccc3)cc2)nc(-c2cccc3sc4ccccc4c23)n1.Clc1nc(-c2ccc3ccccc3c2)nc(-c2cccc3sc4ccccc4c23)n1.Clc1nc(-c2cccc(-c3ccccc3)c2)nc(-c2cccc3ccccc23)n1.Clc1nc(-c2ccccc2-c2ccccc2)nc(-c2cccc3ccccc23)n1. The molecule has 0 saturated heterocycles. The summed E-state index contributed by atoms with van der Waals surface area (Å²) < 4.78 is 4.90. The normalized spacial score (nSPS) is 11.2. The van der Waals surface area contributed by atoms with Crippen LogP contribution in [0.4, 0.5) is 0 Å². The van der Waals surface area contributed by atoms with Crippen molar-refractivity contribution in [3.63, 3.8) is 0 Å². The van der Waals surface area contributed by atoms with Crippen molar-refractivity contribution in [2.75, 3.05) is 0 Å². The molecular formula is C102H62Cl4N12S2. The Kier molecular flexibility index (Phi) is 21.7. The molecule has 0 amide bonds. The molecule has 18 heteroatoms. The van der Waals surface area contributed by atoms with Gasteiger partial charge < -0.3 is 0 Å². The van der Waals surface area contributed by atoms with Crippen molar-refractivity contribution < 1.29 is 0 Å². The van der Waals surface area contributed by atoms with Crippen LogP contribution in [0.2, 0.25) is 21.1 Å². The maximum absolute atomic E-state index is 6.36. The van der Waals surface area contributed by atoms with Gasteiger partial charge in [-0.2, -0.15) is 39.9 Å². The van der Waals surface area contributed by atoms with E-state index in [1.54, 1.807) is 22.7 Å². The number of fused-ring (bicyclic) bond motifs is 9. The highest BCUT2D eigenvalue weighted by molar-refractivity contribution is 7.26. The molecule has 0 unspecified atom stereocenters. The molecule has 22 aromatic rings. The van der Waals surface area contributed by atoms with Gasteiger partial charge in [-0.25, -0.2) is 19.9 Å². The molecule has 0 bridgehead atoms. The van der Waals surface area contributed by atoms with Gasteiger partial charge in [0.05, 0.1) is 0 Å². The van der Waals surface area contributed by atoms with Crippen LogP contribution in [-0.2, 0) is 0 Å². The molecule has 120 heavy (non-hydrogen) atoms. The lowest BCUT2D eigenvalue weighted by Crippen LogP contribution is -1.99. The Morgan fingerprint density at radius 3 is 0.967 bits per heavy atom. The minimum absolute atomic E-state index is 0.181. The molecule has 0 saturated carbocycles. The zero-order valence-corrected chi connectivity index (χ0v) is 68.1. The molecule has 0 spiro atoms. The minimum atomic E-state index is 0.181. The fraction of sp³-hybridized carbons (Fsp3) is 0. The van der Waals surface area contributed by atoms with E-state index in [4.69, 9.17) is 66.3 Å². The second-order valence-electron chi connectivity index (χ2n) is 28.0. The van der Waals surface area contributed by atoms with Crippen LogP contribution in [0.5, 0.6) is 0 Å². The summed E-state index contributed by atoms with van der Waals surface area (Å²) >= 11 is 28.9. The Labute approximate surface area is 717 Å². The smallest absolute Gasteiger partial charge is 0.208 e. The van der Waals surface area contributed by atoms with Crippen LogP contribution >= 0.6 is 69.1 Å². The molecule has 0 N–H and O–H groups in total. The number of aromatic nitrogens is 12. The number of halogens is 4. The average Bonchev–Trinajstić information content (AvgIpc) is 1.65. The second kappa shape index (κ2) is 34.2. The molecule has 6 heterocycles. The highest BCUT2D eigenvalue weighted by atomic mass is 35.5. The number of benzene rings is 16. The van der Waals surface area contributed by atoms with Crippen molar-refractivity contribution in [2.24, 2.45) is 0 Å². The summed E-state index contributed by atoms with van der Waals surface area (Å²) in [6.45, 7) is 0. The van der Waals surface area contributed by atoms with Crippen LogP contribution in [0.25, 0.3) is 197 Å². The van der Waals surface area contributed by atoms with E-state index in [-0.39, 0.29) is 21.1 Å². The average molecular weight is 1660 g/mol. The van der Waals surface area contributed by atoms with E-state index >= 15 is 0 Å². The fourth-order valence-corrected chi connectivity index (χ4v) is 17.8. The molecule has 0 radical (unpaired) electrons. The van der Waals surface area contributed by atoms with Crippen LogP contribution in [0.3, 0.4) is 0 Å². The van der Waals surface area contributed by atoms with Gasteiger partial charge in [-0.1, -0.05) is 340 Å². The van der Waals surface area contributed by atoms with Gasteiger partial charge in [-0.15, -0.1) is 22.7 Å². The van der Waals surface area contributed by atoms with Crippen LogP contribution in [0, 0.1) is 0 Å². The van der Waals surface area contributed by atoms with E-state index in [2.05, 4.69) is 240 Å². The van der Waals surface area contributed by atoms with E-state index in [1.807, 2.05) is 176 Å². The maximum atomic E-state index is 6.36. The monoisotopic (exact) mass is 1660 g/mol. The Morgan fingerprint density at radius 1 is 0.158 bits per heavy atom. The summed E-state index contributed by atoms with van der Waals surface area (Å²) in [5.74, 6) is 4.58. The molecule has 0 aliphatic heterocycles. The van der Waals surface area contributed by atoms with Gasteiger partial charge in [-0.3, -0.25) is 0 Å². The van der Waals surface area contributed by atoms with Gasteiger partial charge in [0.15, 0.2) is 46.6 Å². The van der Waals surface area contributed by atoms with Gasteiger partial charge >= 0.3 is 0 Å². The van der Waals surface area contributed by atoms with Crippen LogP contribution in [0.15, 0.2) is 376 Å². The molecular weight excluding hydrogens is 1600 g/mol. The lowest BCUT2D eigenvalue weighted by Gasteiger charge is -2.11. The first kappa shape index (κ1) is 75.9. The van der Waals surface area contributed by atoms with E-state index in [9.17, 15) is 0 Å². The van der Waals surface area contributed by atoms with Gasteiger partial charge in [-0.05, 0) is 149 Å². The van der Waals surface area contributed by atoms with Gasteiger partial charge in [0.25, 0.3) is 0 Å². The van der Waals surface area contributed by atoms with E-state index in [1.165, 1.54) is 40.5 Å². The standard InChI is InChI=1S/C27H16ClN3S.C25H14ClN3S.2C25H16ClN3/c28-27-30-25(19-15-13-18(14-16-19)17-7-2-1-3-8-17)29-26(31-27)21-10-6-12-23-24(21)20-9-4-5-11-22(20)32-23;26-25-28-23(17-13-12-15-6-1-2-7-16(15)14-17)27-24(29-25)19-9-5-11-21-22(19)18-8-3-4-10-20(18)30-21;26-25-28-23(20-13-6-12-19(16-20)17-8-2-1-3-9-17)27-24(29-25)22-15-7-11-18-10-4-5-14-21(18)22;26-25-28-23(21-15-7-6-14-19(21)17-9-2-1-3-10-17)27-24(29-25)22-16-8-12-18-11-4-5-13-20(18)22/h1-16H;1-14H;2*1-16H. The molecule has 16 aromatic carbocycles. The number of hydrogen-bond acceptors (Lipinski definition) is 14. The summed E-state index contributed by atoms with van der Waals surface area (Å²) in [5.41, 5.74) is 14.2. The van der Waals surface area contributed by atoms with E-state index in [0.717, 1.165) is 110 Å². The zero-order chi connectivity index (χ0) is 80.8. The van der Waals surface area contributed by atoms with Crippen molar-refractivity contribution in [1.82, 2.24) is 59.8 Å². The van der Waals surface area contributed by atoms with Crippen LogP contribution < -0.4 is 0 Å². The van der Waals surface area contributed by atoms with E-state index in [0.29, 0.717) is 46.6 Å². The molecule has 6 aromatic heterocycles. The summed E-state index contributed by atoms with van der Waals surface area (Å²) in [4.78, 5) is 54.6. The van der Waals surface area contributed by atoms with Crippen molar-refractivity contribution >= 4 is 142 Å². The maximum Gasteiger partial charge on any atom is 0.226 e. The molecule has 22 rings (SSSR count). The third-order valence-electron chi connectivity index (χ3n) is 20.5. The number of rotatable bonds is 11. The largest absolute Gasteiger partial charge is 0.226 e. The predicted molar refractivity (Wildman–Crippen MR) is 497 cm³/mol. The topological polar surface area (TPSA) is 155 Å². The van der Waals surface area contributed by atoms with Crippen molar-refractivity contribution in [3.8, 4) is 124 Å². The fourth-order valence-electron chi connectivity index (χ4n) is 14.9. The Bertz CT molecular complexity index is 7560. The van der Waals surface area contributed by atoms with E-state index < -0.39 is 0 Å². The van der Waals surface area contributed by atoms with Crippen molar-refractivity contribution in [1.29, 1.82) is 0 Å². The number of thiophene rings is 2. The quantitative estimate of drug-likeness (QED) is 0.121. The van der Waals surface area contributed by atoms with Crippen LogP contribution in [-0.4, -0.2) is 59.8 Å². The molecule has 12 nitrogen and oxygen atoms in total. The predicted octanol–water partition coefficient (Wildman–Crippen LogP) is 28.6. The minimum Gasteiger partial charge on any atom is -0.208 e. The molecule has 570 valence electrons. The lowest BCUT2D eigenvalue weighted by atomic mass is 9.99. The molecule has 0 aliphatic rings. The van der Waals surface area contributed by atoms with Gasteiger partial charge in [0, 0.05) is 84.9 Å². The molecule has 0 aliphatic carbocycles. The summed E-state index contributed by atoms with van der Waals surface area (Å²) in [7, 11) is 0. The van der Waals surface area contributed by atoms with Crippen LogP contribution in [0.1, 0.15) is 0 Å². The first-order valence-electron chi connectivity index (χ1n) is 38.5. The Hall–Kier alpha value is -14.1. The summed E-state index contributed by atoms with van der Waals surface area (Å²) in [6, 6.07) is 127. The Balaban J connectivity index is 0.000000106. The number of nitrogens with zero attached hydrogens (tertiary/aromatic N) is 12. The first-order chi connectivity index (χ1) is 59.1. The molecule has 0 fully saturated rings. The number of hydrogen-bond donors (Lipinski definition) is 0.